The molecule has 0 unspecified atom stereocenters. The monoisotopic (exact) mass is 215 g/mol. The third kappa shape index (κ3) is 2.54. The van der Waals surface area contributed by atoms with Gasteiger partial charge in [0.1, 0.15) is 0 Å². The summed E-state index contributed by atoms with van der Waals surface area (Å²) in [6, 6.07) is 6.57. The van der Waals surface area contributed by atoms with Crippen LogP contribution in [0.3, 0.4) is 0 Å². The summed E-state index contributed by atoms with van der Waals surface area (Å²) in [4.78, 5) is 0.264. The summed E-state index contributed by atoms with van der Waals surface area (Å²) in [5.74, 6) is 0. The molecule has 0 heterocycles. The first-order chi connectivity index (χ1) is 6.60. The predicted molar refractivity (Wildman–Crippen MR) is 53.4 cm³/mol. The van der Waals surface area contributed by atoms with Crippen LogP contribution in [0.5, 0.6) is 0 Å². The van der Waals surface area contributed by atoms with E-state index in [2.05, 4.69) is 4.72 Å². The quantitative estimate of drug-likeness (QED) is 0.806. The van der Waals surface area contributed by atoms with Crippen molar-refractivity contribution in [2.24, 2.45) is 0 Å². The van der Waals surface area contributed by atoms with E-state index in [1.807, 2.05) is 0 Å². The van der Waals surface area contributed by atoms with Gasteiger partial charge in [0.2, 0.25) is 10.0 Å². The summed E-state index contributed by atoms with van der Waals surface area (Å²) >= 11 is 0. The summed E-state index contributed by atoms with van der Waals surface area (Å²) in [5, 5.41) is 0. The Balaban J connectivity index is 2.94. The summed E-state index contributed by atoms with van der Waals surface area (Å²) in [6.45, 7) is 0.486. The van der Waals surface area contributed by atoms with Crippen LogP contribution in [-0.4, -0.2) is 22.6 Å². The lowest BCUT2D eigenvalue weighted by Gasteiger charge is -2.03. The Morgan fingerprint density at radius 1 is 1.29 bits per heavy atom. The molecule has 0 atom stereocenters. The zero-order valence-electron chi connectivity index (χ0n) is 8.15. The van der Waals surface area contributed by atoms with Crippen molar-refractivity contribution in [3.8, 4) is 0 Å². The fraction of sp³-hybridized carbons (Fsp3) is 0.333. The first-order valence-electron chi connectivity index (χ1n) is 4.11. The van der Waals surface area contributed by atoms with Gasteiger partial charge in [0.25, 0.3) is 0 Å². The highest BCUT2D eigenvalue weighted by molar-refractivity contribution is 7.89. The van der Waals surface area contributed by atoms with E-state index >= 15 is 0 Å². The molecule has 1 rings (SSSR count). The molecule has 0 saturated heterocycles. The normalized spacial score (nSPS) is 11.6. The van der Waals surface area contributed by atoms with Gasteiger partial charge in [0.05, 0.1) is 11.5 Å². The third-order valence-corrected chi connectivity index (χ3v) is 3.24. The highest BCUT2D eigenvalue weighted by atomic mass is 32.2. The molecule has 14 heavy (non-hydrogen) atoms. The third-order valence-electron chi connectivity index (χ3n) is 1.81. The highest BCUT2D eigenvalue weighted by Crippen LogP contribution is 2.10. The molecule has 0 radical (unpaired) electrons. The number of nitrogens with one attached hydrogen (secondary N) is 1. The average molecular weight is 215 g/mol. The number of hydrogen-bond donors (Lipinski definition) is 1. The van der Waals surface area contributed by atoms with Crippen LogP contribution in [0.25, 0.3) is 0 Å². The Hall–Kier alpha value is -0.910. The molecule has 0 aromatic heterocycles. The van der Waals surface area contributed by atoms with E-state index in [9.17, 15) is 8.42 Å². The number of methoxy groups -OCH3 is 1. The smallest absolute Gasteiger partial charge is 0.240 e. The van der Waals surface area contributed by atoms with E-state index in [1.54, 1.807) is 31.4 Å². The maximum atomic E-state index is 11.3. The van der Waals surface area contributed by atoms with Crippen LogP contribution in [0.2, 0.25) is 0 Å². The lowest BCUT2D eigenvalue weighted by molar-refractivity contribution is 0.185. The molecule has 1 N–H and O–H groups in total. The van der Waals surface area contributed by atoms with Crippen molar-refractivity contribution in [3.63, 3.8) is 0 Å². The van der Waals surface area contributed by atoms with Crippen molar-refractivity contribution >= 4 is 10.0 Å². The van der Waals surface area contributed by atoms with E-state index < -0.39 is 10.0 Å². The van der Waals surface area contributed by atoms with Crippen LogP contribution in [0.4, 0.5) is 0 Å². The predicted octanol–water partition coefficient (Wildman–Crippen LogP) is 0.741. The Morgan fingerprint density at radius 3 is 2.29 bits per heavy atom. The molecular formula is C9H13NO3S. The Kier molecular flexibility index (Phi) is 3.62. The molecule has 0 bridgehead atoms. The topological polar surface area (TPSA) is 55.4 Å². The van der Waals surface area contributed by atoms with Gasteiger partial charge in [-0.2, -0.15) is 0 Å². The van der Waals surface area contributed by atoms with Crippen LogP contribution < -0.4 is 4.72 Å². The van der Waals surface area contributed by atoms with E-state index in [-0.39, 0.29) is 4.90 Å². The maximum absolute atomic E-state index is 11.3. The number of ether oxygens (including phenoxy) is 1. The largest absolute Gasteiger partial charge is 0.380 e. The average Bonchev–Trinajstić information content (AvgIpc) is 2.19. The lowest BCUT2D eigenvalue weighted by Crippen LogP contribution is -2.18. The highest BCUT2D eigenvalue weighted by Gasteiger charge is 2.09. The van der Waals surface area contributed by atoms with Crippen LogP contribution >= 0.6 is 0 Å². The van der Waals surface area contributed by atoms with Gasteiger partial charge >= 0.3 is 0 Å². The number of rotatable bonds is 4. The molecule has 0 aliphatic rings. The molecule has 0 fully saturated rings. The lowest BCUT2D eigenvalue weighted by atomic mass is 10.2. The number of sulfonamides is 1. The first kappa shape index (κ1) is 11.2. The van der Waals surface area contributed by atoms with Crippen LogP contribution in [0.1, 0.15) is 5.56 Å². The standard InChI is InChI=1S/C9H13NO3S/c1-10-14(11,12)9-5-3-8(4-6-9)7-13-2/h3-6,10H,7H2,1-2H3. The van der Waals surface area contributed by atoms with E-state index in [0.29, 0.717) is 6.61 Å². The van der Waals surface area contributed by atoms with E-state index in [0.717, 1.165) is 5.56 Å². The molecule has 1 aromatic rings. The Labute approximate surface area is 84.0 Å². The fourth-order valence-corrected chi connectivity index (χ4v) is 1.78. The minimum absolute atomic E-state index is 0.264. The molecule has 0 amide bonds. The molecule has 5 heteroatoms. The molecule has 4 nitrogen and oxygen atoms in total. The molecule has 0 aliphatic heterocycles. The second-order valence-electron chi connectivity index (χ2n) is 2.78. The Morgan fingerprint density at radius 2 is 1.86 bits per heavy atom. The van der Waals surface area contributed by atoms with Gasteiger partial charge in [-0.1, -0.05) is 12.1 Å². The van der Waals surface area contributed by atoms with Crippen molar-refractivity contribution in [3.05, 3.63) is 29.8 Å². The molecule has 0 spiro atoms. The number of benzene rings is 1. The van der Waals surface area contributed by atoms with Gasteiger partial charge in [-0.3, -0.25) is 0 Å². The van der Waals surface area contributed by atoms with Crippen molar-refractivity contribution in [1.29, 1.82) is 0 Å². The summed E-state index contributed by atoms with van der Waals surface area (Å²) in [7, 11) is -0.338. The zero-order valence-corrected chi connectivity index (χ0v) is 8.97. The summed E-state index contributed by atoms with van der Waals surface area (Å²) in [5.41, 5.74) is 0.947. The van der Waals surface area contributed by atoms with Crippen molar-refractivity contribution < 1.29 is 13.2 Å². The van der Waals surface area contributed by atoms with E-state index in [4.69, 9.17) is 4.74 Å². The van der Waals surface area contributed by atoms with Gasteiger partial charge in [-0.25, -0.2) is 13.1 Å². The van der Waals surface area contributed by atoms with Gasteiger partial charge in [-0.05, 0) is 24.7 Å². The van der Waals surface area contributed by atoms with Crippen LogP contribution in [0, 0.1) is 0 Å². The molecule has 0 saturated carbocycles. The van der Waals surface area contributed by atoms with Gasteiger partial charge in [0.15, 0.2) is 0 Å². The maximum Gasteiger partial charge on any atom is 0.240 e. The van der Waals surface area contributed by atoms with Gasteiger partial charge in [0, 0.05) is 7.11 Å². The van der Waals surface area contributed by atoms with Gasteiger partial charge in [-0.15, -0.1) is 0 Å². The molecule has 78 valence electrons. The van der Waals surface area contributed by atoms with Crippen LogP contribution in [0.15, 0.2) is 29.2 Å². The van der Waals surface area contributed by atoms with Crippen molar-refractivity contribution in [2.75, 3.05) is 14.2 Å². The second-order valence-corrected chi connectivity index (χ2v) is 4.67. The minimum atomic E-state index is -3.32. The van der Waals surface area contributed by atoms with Crippen LogP contribution in [-0.2, 0) is 21.4 Å². The van der Waals surface area contributed by atoms with Crippen molar-refractivity contribution in [2.45, 2.75) is 11.5 Å². The second kappa shape index (κ2) is 4.54. The molecule has 0 aliphatic carbocycles. The van der Waals surface area contributed by atoms with Gasteiger partial charge < -0.3 is 4.74 Å². The summed E-state index contributed by atoms with van der Waals surface area (Å²) in [6.07, 6.45) is 0. The summed E-state index contributed by atoms with van der Waals surface area (Å²) < 4.78 is 29.8. The zero-order chi connectivity index (χ0) is 10.6. The van der Waals surface area contributed by atoms with Crippen molar-refractivity contribution in [1.82, 2.24) is 4.72 Å². The molecular weight excluding hydrogens is 202 g/mol. The molecule has 1 aromatic carbocycles. The van der Waals surface area contributed by atoms with E-state index in [1.165, 1.54) is 7.05 Å². The Bertz CT molecular complexity index is 383. The SMILES string of the molecule is CNS(=O)(=O)c1ccc(COC)cc1. The minimum Gasteiger partial charge on any atom is -0.380 e. The first-order valence-corrected chi connectivity index (χ1v) is 5.60. The number of hydrogen-bond acceptors (Lipinski definition) is 3. The fourth-order valence-electron chi connectivity index (χ4n) is 1.05.